The number of carbonyl (C=O) groups excluding carboxylic acids is 2. The minimum absolute atomic E-state index is 0.0978. The van der Waals surface area contributed by atoms with E-state index in [9.17, 15) is 14.7 Å². The van der Waals surface area contributed by atoms with Gasteiger partial charge < -0.3 is 20.5 Å². The molecule has 23 heavy (non-hydrogen) atoms. The van der Waals surface area contributed by atoms with Crippen molar-refractivity contribution in [2.75, 3.05) is 18.5 Å². The lowest BCUT2D eigenvalue weighted by atomic mass is 10.1. The van der Waals surface area contributed by atoms with Gasteiger partial charge in [0.05, 0.1) is 6.61 Å². The molecule has 6 heteroatoms. The quantitative estimate of drug-likeness (QED) is 0.480. The molecule has 0 heterocycles. The van der Waals surface area contributed by atoms with Crippen LogP contribution in [-0.4, -0.2) is 36.2 Å². The van der Waals surface area contributed by atoms with Crippen molar-refractivity contribution in [3.05, 3.63) is 23.8 Å². The van der Waals surface area contributed by atoms with Crippen molar-refractivity contribution >= 4 is 17.6 Å². The van der Waals surface area contributed by atoms with E-state index >= 15 is 0 Å². The molecule has 0 atom stereocenters. The Morgan fingerprint density at radius 2 is 2.04 bits per heavy atom. The van der Waals surface area contributed by atoms with E-state index in [1.165, 1.54) is 12.1 Å². The summed E-state index contributed by atoms with van der Waals surface area (Å²) in [4.78, 5) is 23.6. The standard InChI is InChI=1S/C17H26N2O4/c1-4-5-10-23-17(22)14-7-6-13(11-15(14)20)19-16(21)8-9-18-12(2)3/h6-7,11-12,18,20H,4-5,8-10H2,1-3H3,(H,19,21). The van der Waals surface area contributed by atoms with Crippen LogP contribution in [0.5, 0.6) is 5.75 Å². The molecule has 0 bridgehead atoms. The second kappa shape index (κ2) is 9.84. The Balaban J connectivity index is 2.55. The SMILES string of the molecule is CCCCOC(=O)c1ccc(NC(=O)CCNC(C)C)cc1O. The van der Waals surface area contributed by atoms with Crippen molar-refractivity contribution in [3.63, 3.8) is 0 Å². The number of nitrogens with one attached hydrogen (secondary N) is 2. The molecule has 0 unspecified atom stereocenters. The molecule has 1 aromatic rings. The van der Waals surface area contributed by atoms with Crippen LogP contribution in [0.25, 0.3) is 0 Å². The highest BCUT2D eigenvalue weighted by Crippen LogP contribution is 2.23. The highest BCUT2D eigenvalue weighted by molar-refractivity contribution is 5.95. The Hall–Kier alpha value is -2.08. The first-order valence-corrected chi connectivity index (χ1v) is 7.97. The van der Waals surface area contributed by atoms with Gasteiger partial charge in [0.25, 0.3) is 0 Å². The number of phenolic OH excluding ortho intramolecular Hbond substituents is 1. The number of hydrogen-bond donors (Lipinski definition) is 3. The summed E-state index contributed by atoms with van der Waals surface area (Å²) < 4.78 is 5.05. The molecule has 1 rings (SSSR count). The summed E-state index contributed by atoms with van der Waals surface area (Å²) >= 11 is 0. The van der Waals surface area contributed by atoms with Crippen LogP contribution in [-0.2, 0) is 9.53 Å². The second-order valence-electron chi connectivity index (χ2n) is 5.63. The summed E-state index contributed by atoms with van der Waals surface area (Å²) in [5, 5.41) is 15.7. The molecule has 6 nitrogen and oxygen atoms in total. The van der Waals surface area contributed by atoms with Gasteiger partial charge in [0.15, 0.2) is 0 Å². The van der Waals surface area contributed by atoms with Gasteiger partial charge in [-0.3, -0.25) is 4.79 Å². The van der Waals surface area contributed by atoms with Gasteiger partial charge in [-0.15, -0.1) is 0 Å². The van der Waals surface area contributed by atoms with Gasteiger partial charge in [-0.1, -0.05) is 27.2 Å². The van der Waals surface area contributed by atoms with Gasteiger partial charge in [-0.05, 0) is 18.6 Å². The number of ether oxygens (including phenoxy) is 1. The van der Waals surface area contributed by atoms with Crippen LogP contribution >= 0.6 is 0 Å². The number of unbranched alkanes of at least 4 members (excludes halogenated alkanes) is 1. The van der Waals surface area contributed by atoms with Crippen molar-refractivity contribution in [1.29, 1.82) is 0 Å². The fourth-order valence-electron chi connectivity index (χ4n) is 1.87. The van der Waals surface area contributed by atoms with Crippen LogP contribution in [0, 0.1) is 0 Å². The highest BCUT2D eigenvalue weighted by atomic mass is 16.5. The van der Waals surface area contributed by atoms with Gasteiger partial charge in [0.2, 0.25) is 5.91 Å². The molecule has 0 radical (unpaired) electrons. The van der Waals surface area contributed by atoms with E-state index in [1.807, 2.05) is 20.8 Å². The average Bonchev–Trinajstić information content (AvgIpc) is 2.47. The summed E-state index contributed by atoms with van der Waals surface area (Å²) in [6.45, 7) is 6.93. The van der Waals surface area contributed by atoms with Gasteiger partial charge >= 0.3 is 5.97 Å². The van der Waals surface area contributed by atoms with E-state index in [2.05, 4.69) is 10.6 Å². The van der Waals surface area contributed by atoms with Gasteiger partial charge in [-0.25, -0.2) is 4.79 Å². The van der Waals surface area contributed by atoms with E-state index in [1.54, 1.807) is 6.07 Å². The summed E-state index contributed by atoms with van der Waals surface area (Å²) in [7, 11) is 0. The van der Waals surface area contributed by atoms with E-state index in [0.29, 0.717) is 31.3 Å². The zero-order valence-corrected chi connectivity index (χ0v) is 14.0. The average molecular weight is 322 g/mol. The molecular weight excluding hydrogens is 296 g/mol. The number of hydrogen-bond acceptors (Lipinski definition) is 5. The van der Waals surface area contributed by atoms with E-state index in [0.717, 1.165) is 12.8 Å². The molecule has 0 fully saturated rings. The summed E-state index contributed by atoms with van der Waals surface area (Å²) in [6.07, 6.45) is 2.04. The van der Waals surface area contributed by atoms with Crippen LogP contribution in [0.3, 0.4) is 0 Å². The summed E-state index contributed by atoms with van der Waals surface area (Å²) in [5.41, 5.74) is 0.544. The van der Waals surface area contributed by atoms with Gasteiger partial charge in [0, 0.05) is 30.8 Å². The van der Waals surface area contributed by atoms with Crippen LogP contribution in [0.2, 0.25) is 0 Å². The van der Waals surface area contributed by atoms with Crippen LogP contribution in [0.4, 0.5) is 5.69 Å². The first-order valence-electron chi connectivity index (χ1n) is 7.97. The van der Waals surface area contributed by atoms with Crippen molar-refractivity contribution in [2.45, 2.75) is 46.1 Å². The highest BCUT2D eigenvalue weighted by Gasteiger charge is 2.13. The lowest BCUT2D eigenvalue weighted by Gasteiger charge is -2.10. The molecule has 1 aromatic carbocycles. The number of phenols is 1. The minimum atomic E-state index is -0.560. The molecule has 0 aliphatic carbocycles. The third-order valence-electron chi connectivity index (χ3n) is 3.14. The molecule has 0 saturated heterocycles. The maximum absolute atomic E-state index is 11.8. The Morgan fingerprint density at radius 3 is 2.65 bits per heavy atom. The maximum Gasteiger partial charge on any atom is 0.341 e. The van der Waals surface area contributed by atoms with Gasteiger partial charge in [0.1, 0.15) is 11.3 Å². The van der Waals surface area contributed by atoms with E-state index in [-0.39, 0.29) is 17.2 Å². The van der Waals surface area contributed by atoms with Crippen molar-refractivity contribution in [1.82, 2.24) is 5.32 Å². The van der Waals surface area contributed by atoms with Crippen LogP contribution in [0.1, 0.15) is 50.4 Å². The van der Waals surface area contributed by atoms with Crippen molar-refractivity contribution in [3.8, 4) is 5.75 Å². The van der Waals surface area contributed by atoms with Crippen LogP contribution in [0.15, 0.2) is 18.2 Å². The summed E-state index contributed by atoms with van der Waals surface area (Å²) in [5.74, 6) is -0.921. The Kier molecular flexibility index (Phi) is 8.11. The predicted octanol–water partition coefficient (Wildman–Crippen LogP) is 2.68. The van der Waals surface area contributed by atoms with Crippen molar-refractivity contribution < 1.29 is 19.4 Å². The number of carbonyl (C=O) groups is 2. The topological polar surface area (TPSA) is 87.7 Å². The smallest absolute Gasteiger partial charge is 0.341 e. The Labute approximate surface area is 137 Å². The molecule has 128 valence electrons. The molecule has 0 saturated carbocycles. The Morgan fingerprint density at radius 1 is 1.30 bits per heavy atom. The number of benzene rings is 1. The second-order valence-corrected chi connectivity index (χ2v) is 5.63. The molecular formula is C17H26N2O4. The first-order chi connectivity index (χ1) is 10.9. The summed E-state index contributed by atoms with van der Waals surface area (Å²) in [6, 6.07) is 4.70. The lowest BCUT2D eigenvalue weighted by Crippen LogP contribution is -2.27. The normalized spacial score (nSPS) is 10.6. The fraction of sp³-hybridized carbons (Fsp3) is 0.529. The number of amides is 1. The minimum Gasteiger partial charge on any atom is -0.507 e. The lowest BCUT2D eigenvalue weighted by molar-refractivity contribution is -0.116. The Bertz CT molecular complexity index is 529. The third kappa shape index (κ3) is 7.15. The van der Waals surface area contributed by atoms with Crippen LogP contribution < -0.4 is 10.6 Å². The zero-order chi connectivity index (χ0) is 17.2. The third-order valence-corrected chi connectivity index (χ3v) is 3.14. The van der Waals surface area contributed by atoms with E-state index < -0.39 is 5.97 Å². The van der Waals surface area contributed by atoms with Crippen molar-refractivity contribution in [2.24, 2.45) is 0 Å². The number of anilines is 1. The predicted molar refractivity (Wildman–Crippen MR) is 89.7 cm³/mol. The molecule has 3 N–H and O–H groups in total. The monoisotopic (exact) mass is 322 g/mol. The van der Waals surface area contributed by atoms with E-state index in [4.69, 9.17) is 4.74 Å². The first kappa shape index (κ1) is 19.0. The maximum atomic E-state index is 11.8. The van der Waals surface area contributed by atoms with Gasteiger partial charge in [-0.2, -0.15) is 0 Å². The zero-order valence-electron chi connectivity index (χ0n) is 14.0. The molecule has 1 amide bonds. The number of esters is 1. The molecule has 0 aliphatic rings. The largest absolute Gasteiger partial charge is 0.507 e. The number of aromatic hydroxyl groups is 1. The fourth-order valence-corrected chi connectivity index (χ4v) is 1.87. The molecule has 0 spiro atoms. The molecule has 0 aromatic heterocycles. The molecule has 0 aliphatic heterocycles. The number of rotatable bonds is 9.